The number of Topliss-reactive ketones (excluding diaryl/α,β-unsaturated/α-hetero) is 2. The van der Waals surface area contributed by atoms with Crippen LogP contribution in [0.25, 0.3) is 0 Å². The summed E-state index contributed by atoms with van der Waals surface area (Å²) in [5.41, 5.74) is -5.41. The van der Waals surface area contributed by atoms with Crippen molar-refractivity contribution in [3.8, 4) is 0 Å². The van der Waals surface area contributed by atoms with Crippen LogP contribution in [0.4, 0.5) is 132 Å². The fraction of sp³-hybridized carbons (Fsp3) is 0.944. The summed E-state index contributed by atoms with van der Waals surface area (Å²) in [6, 6.07) is 0. The largest absolute Gasteiger partial charge is 0.460 e. The van der Waals surface area contributed by atoms with Gasteiger partial charge in [-0.2, -0.15) is 132 Å². The predicted molar refractivity (Wildman–Crippen MR) is 170 cm³/mol. The molecule has 4 bridgehead atoms. The number of alkyl halides is 30. The van der Waals surface area contributed by atoms with Gasteiger partial charge in [-0.1, -0.05) is 41.5 Å². The van der Waals surface area contributed by atoms with E-state index in [0.29, 0.717) is 0 Å². The molecule has 8 unspecified atom stereocenters. The number of hydrogen-bond donors (Lipinski definition) is 2. The molecule has 4 aliphatic rings. The van der Waals surface area contributed by atoms with E-state index in [4.69, 9.17) is 0 Å². The van der Waals surface area contributed by atoms with Gasteiger partial charge in [-0.25, -0.2) is 0 Å². The van der Waals surface area contributed by atoms with E-state index in [9.17, 15) is 152 Å². The Kier molecular flexibility index (Phi) is 15.4. The van der Waals surface area contributed by atoms with Crippen molar-refractivity contribution in [3.05, 3.63) is 0 Å². The second-order valence-electron chi connectivity index (χ2n) is 19.1. The Morgan fingerprint density at radius 2 is 0.535 bits per heavy atom. The van der Waals surface area contributed by atoms with E-state index >= 15 is 0 Å². The monoisotopic (exact) mass is 1160 g/mol. The van der Waals surface area contributed by atoms with Gasteiger partial charge in [-0.3, -0.25) is 9.59 Å². The van der Waals surface area contributed by atoms with Crippen LogP contribution in [0.1, 0.15) is 67.2 Å². The molecule has 0 spiro atoms. The van der Waals surface area contributed by atoms with Gasteiger partial charge in [-0.05, 0) is 59.2 Å². The number of carbonyl (C=O) groups is 2. The van der Waals surface area contributed by atoms with Gasteiger partial charge in [0, 0.05) is 17.1 Å². The van der Waals surface area contributed by atoms with Crippen LogP contribution in [0.3, 0.4) is 0 Å². The van der Waals surface area contributed by atoms with Crippen molar-refractivity contribution in [2.45, 2.75) is 163 Å². The SMILES string of the molecule is CC1(C)C2CCC1(C)C(O)C2C(=O)C(F)(F)C(F)(F)C(F)(F)C(F)(F)C(F)(F)C(F)(F)C(F)(F)F.CC1(C)C2CCC1(C)C(O)C2C(=O)C(F)(F)C(F)(F)C(F)(F)C(F)(F)C(F)(F)C(F)(F)C(F)(F)F.[Mn]. The Hall–Kier alpha value is -2.32. The first-order chi connectivity index (χ1) is 30.1. The summed E-state index contributed by atoms with van der Waals surface area (Å²) >= 11 is 0. The molecule has 2 N–H and O–H groups in total. The summed E-state index contributed by atoms with van der Waals surface area (Å²) in [6.07, 6.45) is -20.2. The maximum atomic E-state index is 14.4. The van der Waals surface area contributed by atoms with Gasteiger partial charge in [0.1, 0.15) is 0 Å². The van der Waals surface area contributed by atoms with Gasteiger partial charge in [0.2, 0.25) is 11.6 Å². The molecular weight excluding hydrogens is 1120 g/mol. The molecule has 0 amide bonds. The number of halogens is 30. The molecule has 1 radical (unpaired) electrons. The van der Waals surface area contributed by atoms with Gasteiger partial charge in [0.15, 0.2) is 0 Å². The second-order valence-corrected chi connectivity index (χ2v) is 19.1. The molecule has 4 saturated carbocycles. The number of fused-ring (bicyclic) bond motifs is 4. The number of aliphatic hydroxyl groups is 2. The molecule has 8 atom stereocenters. The van der Waals surface area contributed by atoms with Crippen molar-refractivity contribution < 1.29 is 169 Å². The van der Waals surface area contributed by atoms with E-state index in [1.807, 2.05) is 0 Å². The average molecular weight is 1160 g/mol. The Balaban J connectivity index is 0.000000480. The number of hydrogen-bond acceptors (Lipinski definition) is 4. The van der Waals surface area contributed by atoms with Crippen LogP contribution >= 0.6 is 0 Å². The first kappa shape index (κ1) is 64.8. The van der Waals surface area contributed by atoms with E-state index in [1.165, 1.54) is 41.5 Å². The fourth-order valence-electron chi connectivity index (χ4n) is 9.99. The summed E-state index contributed by atoms with van der Waals surface area (Å²) in [6.45, 7) is 7.62. The smallest absolute Gasteiger partial charge is 0.392 e. The minimum atomic E-state index is -8.45. The molecule has 4 rings (SSSR count). The number of ketones is 2. The summed E-state index contributed by atoms with van der Waals surface area (Å²) < 4.78 is 402. The Morgan fingerprint density at radius 1 is 0.352 bits per heavy atom. The number of carbonyl (C=O) groups excluding carboxylic acids is 2. The zero-order valence-electron chi connectivity index (χ0n) is 35.7. The van der Waals surface area contributed by atoms with Crippen molar-refractivity contribution in [2.24, 2.45) is 45.3 Å². The predicted octanol–water partition coefficient (Wildman–Crippen LogP) is 12.7. The number of aliphatic hydroxyl groups excluding tert-OH is 2. The Bertz CT molecular complexity index is 1900. The molecule has 419 valence electrons. The molecule has 4 fully saturated rings. The fourth-order valence-corrected chi connectivity index (χ4v) is 9.99. The molecule has 4 aliphatic carbocycles. The quantitative estimate of drug-likeness (QED) is 0.134. The molecule has 0 saturated heterocycles. The van der Waals surface area contributed by atoms with E-state index in [2.05, 4.69) is 0 Å². The number of rotatable bonds is 14. The van der Waals surface area contributed by atoms with Crippen LogP contribution in [0.5, 0.6) is 0 Å². The third-order valence-electron chi connectivity index (χ3n) is 15.5. The molecule has 0 aromatic rings. The van der Waals surface area contributed by atoms with E-state index < -0.39 is 153 Å². The minimum Gasteiger partial charge on any atom is -0.392 e. The van der Waals surface area contributed by atoms with Crippen molar-refractivity contribution in [3.63, 3.8) is 0 Å². The third-order valence-corrected chi connectivity index (χ3v) is 15.5. The molecular formula is C36H34F30MnO4. The van der Waals surface area contributed by atoms with Gasteiger partial charge in [0.05, 0.1) is 24.0 Å². The summed E-state index contributed by atoms with van der Waals surface area (Å²) in [4.78, 5) is 24.5. The summed E-state index contributed by atoms with van der Waals surface area (Å²) in [5, 5.41) is 20.6. The van der Waals surface area contributed by atoms with Gasteiger partial charge >= 0.3 is 83.4 Å². The second kappa shape index (κ2) is 16.8. The molecule has 0 aromatic carbocycles. The first-order valence-electron chi connectivity index (χ1n) is 19.2. The molecule has 0 aromatic heterocycles. The van der Waals surface area contributed by atoms with Crippen molar-refractivity contribution in [2.75, 3.05) is 0 Å². The van der Waals surface area contributed by atoms with Crippen molar-refractivity contribution in [1.29, 1.82) is 0 Å². The normalized spacial score (nSPS) is 30.2. The zero-order valence-corrected chi connectivity index (χ0v) is 36.9. The summed E-state index contributed by atoms with van der Waals surface area (Å²) in [7, 11) is 0. The van der Waals surface area contributed by atoms with Crippen LogP contribution < -0.4 is 0 Å². The van der Waals surface area contributed by atoms with Crippen LogP contribution in [0.15, 0.2) is 0 Å². The molecule has 35 heteroatoms. The minimum absolute atomic E-state index is 0. The molecule has 71 heavy (non-hydrogen) atoms. The third kappa shape index (κ3) is 7.62. The van der Waals surface area contributed by atoms with Gasteiger partial charge in [0.25, 0.3) is 0 Å². The van der Waals surface area contributed by atoms with Gasteiger partial charge < -0.3 is 10.2 Å². The van der Waals surface area contributed by atoms with E-state index in [-0.39, 0.29) is 42.8 Å². The molecule has 0 heterocycles. The van der Waals surface area contributed by atoms with E-state index in [0.717, 1.165) is 0 Å². The first-order valence-corrected chi connectivity index (χ1v) is 19.2. The van der Waals surface area contributed by atoms with Crippen LogP contribution in [0, 0.1) is 45.3 Å². The van der Waals surface area contributed by atoms with E-state index in [1.54, 1.807) is 0 Å². The van der Waals surface area contributed by atoms with Crippen molar-refractivity contribution >= 4 is 11.6 Å². The zero-order chi connectivity index (χ0) is 56.4. The van der Waals surface area contributed by atoms with Gasteiger partial charge in [-0.15, -0.1) is 0 Å². The average Bonchev–Trinajstić information content (AvgIpc) is 3.66. The Labute approximate surface area is 388 Å². The maximum absolute atomic E-state index is 14.4. The Morgan fingerprint density at radius 3 is 0.704 bits per heavy atom. The van der Waals surface area contributed by atoms with Crippen LogP contribution in [0.2, 0.25) is 0 Å². The standard InChI is InChI=1S/2C18H17F15O2.Mn/c2*1-10(2)6-4-5-11(10,3)8(34)7(6)9(35)12(19,20)13(21,22)14(23,24)15(25,26)16(27,28)17(29,30)18(31,32)33;/h2*6-8,34H,4-5H2,1-3H3;. The van der Waals surface area contributed by atoms with Crippen LogP contribution in [-0.2, 0) is 26.7 Å². The van der Waals surface area contributed by atoms with Crippen molar-refractivity contribution in [1.82, 2.24) is 0 Å². The molecule has 4 nitrogen and oxygen atoms in total. The van der Waals surface area contributed by atoms with Crippen LogP contribution in [-0.4, -0.2) is 117 Å². The topological polar surface area (TPSA) is 74.6 Å². The summed E-state index contributed by atoms with van der Waals surface area (Å²) in [5.74, 6) is -111. The molecule has 0 aliphatic heterocycles. The maximum Gasteiger partial charge on any atom is 0.460 e.